The summed E-state index contributed by atoms with van der Waals surface area (Å²) in [6.07, 6.45) is 8.18. The fourth-order valence-electron chi connectivity index (χ4n) is 4.23. The summed E-state index contributed by atoms with van der Waals surface area (Å²) in [6, 6.07) is 2.47. The van der Waals surface area contributed by atoms with Crippen LogP contribution in [0.2, 0.25) is 0 Å². The minimum Gasteiger partial charge on any atom is -0.396 e. The van der Waals surface area contributed by atoms with E-state index in [1.807, 2.05) is 0 Å². The van der Waals surface area contributed by atoms with Gasteiger partial charge in [-0.3, -0.25) is 4.90 Å². The summed E-state index contributed by atoms with van der Waals surface area (Å²) in [5, 5.41) is 9.25. The van der Waals surface area contributed by atoms with Crippen molar-refractivity contribution in [2.75, 3.05) is 26.7 Å². The van der Waals surface area contributed by atoms with Crippen molar-refractivity contribution in [1.82, 2.24) is 9.80 Å². The van der Waals surface area contributed by atoms with Gasteiger partial charge in [-0.25, -0.2) is 0 Å². The Morgan fingerprint density at radius 3 is 2.35 bits per heavy atom. The maximum atomic E-state index is 9.25. The van der Waals surface area contributed by atoms with E-state index in [2.05, 4.69) is 16.8 Å². The van der Waals surface area contributed by atoms with Gasteiger partial charge >= 0.3 is 0 Å². The first kappa shape index (κ1) is 11.9. The minimum absolute atomic E-state index is 0.385. The molecule has 17 heavy (non-hydrogen) atoms. The Hall–Kier alpha value is -0.120. The molecule has 0 aromatic heterocycles. The molecule has 0 radical (unpaired) electrons. The van der Waals surface area contributed by atoms with Gasteiger partial charge in [-0.2, -0.15) is 0 Å². The normalized spacial score (nSPS) is 44.1. The molecule has 0 aromatic rings. The van der Waals surface area contributed by atoms with Gasteiger partial charge in [0.15, 0.2) is 0 Å². The highest BCUT2D eigenvalue weighted by molar-refractivity contribution is 4.95. The van der Waals surface area contributed by atoms with Crippen LogP contribution in [0.3, 0.4) is 0 Å². The lowest BCUT2D eigenvalue weighted by molar-refractivity contribution is 0.0142. The molecule has 0 amide bonds. The maximum Gasteiger partial charge on any atom is 0.0471 e. The number of rotatable bonds is 2. The standard InChI is InChI=1S/C14H26N2O/c1-15-12-3-2-4-13(15)8-14(7-12)16-6-5-11(9-16)10-17/h11-14,17H,2-10H2,1H3. The second kappa shape index (κ2) is 4.87. The molecule has 1 N–H and O–H groups in total. The SMILES string of the molecule is CN1C2CCCC1CC(N1CCC(CO)C1)C2. The summed E-state index contributed by atoms with van der Waals surface area (Å²) >= 11 is 0. The third kappa shape index (κ3) is 2.25. The van der Waals surface area contributed by atoms with Crippen molar-refractivity contribution in [3.63, 3.8) is 0 Å². The molecule has 0 saturated carbocycles. The van der Waals surface area contributed by atoms with E-state index in [9.17, 15) is 5.11 Å². The van der Waals surface area contributed by atoms with Crippen LogP contribution in [0.15, 0.2) is 0 Å². The molecule has 3 unspecified atom stereocenters. The Morgan fingerprint density at radius 2 is 1.76 bits per heavy atom. The van der Waals surface area contributed by atoms with E-state index < -0.39 is 0 Å². The van der Waals surface area contributed by atoms with Gasteiger partial charge in [0, 0.05) is 31.3 Å². The highest BCUT2D eigenvalue weighted by atomic mass is 16.3. The van der Waals surface area contributed by atoms with Crippen LogP contribution in [0.25, 0.3) is 0 Å². The Labute approximate surface area is 105 Å². The van der Waals surface area contributed by atoms with Gasteiger partial charge in [-0.1, -0.05) is 6.42 Å². The largest absolute Gasteiger partial charge is 0.396 e. The highest BCUT2D eigenvalue weighted by Crippen LogP contribution is 2.36. The summed E-state index contributed by atoms with van der Waals surface area (Å²) in [5.41, 5.74) is 0. The van der Waals surface area contributed by atoms with Gasteiger partial charge in [-0.05, 0) is 51.6 Å². The molecule has 3 heterocycles. The van der Waals surface area contributed by atoms with Crippen molar-refractivity contribution < 1.29 is 5.11 Å². The third-order valence-electron chi connectivity index (χ3n) is 5.41. The van der Waals surface area contributed by atoms with Crippen LogP contribution in [-0.4, -0.2) is 59.8 Å². The lowest BCUT2D eigenvalue weighted by Crippen LogP contribution is -2.55. The predicted octanol–water partition coefficient (Wildman–Crippen LogP) is 1.32. The van der Waals surface area contributed by atoms with E-state index in [-0.39, 0.29) is 0 Å². The van der Waals surface area contributed by atoms with Gasteiger partial charge in [0.25, 0.3) is 0 Å². The summed E-state index contributed by atoms with van der Waals surface area (Å²) in [7, 11) is 2.32. The molecule has 98 valence electrons. The molecule has 0 aliphatic carbocycles. The van der Waals surface area contributed by atoms with Gasteiger partial charge in [0.1, 0.15) is 0 Å². The van der Waals surface area contributed by atoms with Crippen LogP contribution < -0.4 is 0 Å². The van der Waals surface area contributed by atoms with Crippen LogP contribution >= 0.6 is 0 Å². The summed E-state index contributed by atoms with van der Waals surface area (Å²) in [5.74, 6) is 0.550. The topological polar surface area (TPSA) is 26.7 Å². The zero-order chi connectivity index (χ0) is 11.8. The first-order chi connectivity index (χ1) is 8.28. The lowest BCUT2D eigenvalue weighted by atomic mass is 9.82. The average molecular weight is 238 g/mol. The Kier molecular flexibility index (Phi) is 3.42. The van der Waals surface area contributed by atoms with Crippen LogP contribution in [0.4, 0.5) is 0 Å². The lowest BCUT2D eigenvalue weighted by Gasteiger charge is -2.49. The molecule has 3 saturated heterocycles. The molecule has 3 fully saturated rings. The zero-order valence-electron chi connectivity index (χ0n) is 11.0. The number of fused-ring (bicyclic) bond motifs is 2. The quantitative estimate of drug-likeness (QED) is 0.786. The second-order valence-corrected chi connectivity index (χ2v) is 6.36. The monoisotopic (exact) mass is 238 g/mol. The fraction of sp³-hybridized carbons (Fsp3) is 1.00. The zero-order valence-corrected chi connectivity index (χ0v) is 11.0. The molecule has 3 nitrogen and oxygen atoms in total. The number of nitrogens with zero attached hydrogens (tertiary/aromatic N) is 2. The van der Waals surface area contributed by atoms with Crippen molar-refractivity contribution >= 4 is 0 Å². The second-order valence-electron chi connectivity index (χ2n) is 6.36. The molecule has 3 aliphatic rings. The third-order valence-corrected chi connectivity index (χ3v) is 5.41. The number of likely N-dealkylation sites (tertiary alicyclic amines) is 1. The summed E-state index contributed by atoms with van der Waals surface area (Å²) in [4.78, 5) is 5.30. The van der Waals surface area contributed by atoms with E-state index in [1.54, 1.807) is 0 Å². The minimum atomic E-state index is 0.385. The molecule has 3 rings (SSSR count). The van der Waals surface area contributed by atoms with E-state index in [1.165, 1.54) is 45.1 Å². The van der Waals surface area contributed by atoms with Crippen molar-refractivity contribution in [2.45, 2.75) is 56.7 Å². The molecule has 0 spiro atoms. The van der Waals surface area contributed by atoms with E-state index in [0.29, 0.717) is 12.5 Å². The number of piperidine rings is 2. The van der Waals surface area contributed by atoms with Crippen LogP contribution in [-0.2, 0) is 0 Å². The first-order valence-electron chi connectivity index (χ1n) is 7.34. The number of aliphatic hydroxyl groups is 1. The highest BCUT2D eigenvalue weighted by Gasteiger charge is 2.39. The van der Waals surface area contributed by atoms with E-state index >= 15 is 0 Å². The van der Waals surface area contributed by atoms with E-state index in [4.69, 9.17) is 0 Å². The summed E-state index contributed by atoms with van der Waals surface area (Å²) in [6.45, 7) is 2.75. The van der Waals surface area contributed by atoms with Crippen molar-refractivity contribution in [2.24, 2.45) is 5.92 Å². The van der Waals surface area contributed by atoms with Crippen LogP contribution in [0.5, 0.6) is 0 Å². The summed E-state index contributed by atoms with van der Waals surface area (Å²) < 4.78 is 0. The molecular formula is C14H26N2O. The molecule has 3 aliphatic heterocycles. The molecule has 0 aromatic carbocycles. The first-order valence-corrected chi connectivity index (χ1v) is 7.34. The molecule has 3 heteroatoms. The van der Waals surface area contributed by atoms with Gasteiger partial charge < -0.3 is 10.0 Å². The van der Waals surface area contributed by atoms with Gasteiger partial charge in [0.2, 0.25) is 0 Å². The van der Waals surface area contributed by atoms with E-state index in [0.717, 1.165) is 24.7 Å². The Bertz CT molecular complexity index is 257. The smallest absolute Gasteiger partial charge is 0.0471 e. The molecule has 3 atom stereocenters. The number of aliphatic hydroxyl groups excluding tert-OH is 1. The van der Waals surface area contributed by atoms with Crippen LogP contribution in [0, 0.1) is 5.92 Å². The van der Waals surface area contributed by atoms with Crippen molar-refractivity contribution in [1.29, 1.82) is 0 Å². The number of hydrogen-bond donors (Lipinski definition) is 1. The van der Waals surface area contributed by atoms with Crippen LogP contribution in [0.1, 0.15) is 38.5 Å². The molecule has 2 bridgehead atoms. The van der Waals surface area contributed by atoms with Crippen molar-refractivity contribution in [3.05, 3.63) is 0 Å². The average Bonchev–Trinajstić information content (AvgIpc) is 2.77. The fourth-order valence-corrected chi connectivity index (χ4v) is 4.23. The Morgan fingerprint density at radius 1 is 1.06 bits per heavy atom. The van der Waals surface area contributed by atoms with Crippen molar-refractivity contribution in [3.8, 4) is 0 Å². The van der Waals surface area contributed by atoms with Gasteiger partial charge in [-0.15, -0.1) is 0 Å². The molecular weight excluding hydrogens is 212 g/mol. The predicted molar refractivity (Wildman–Crippen MR) is 69.0 cm³/mol. The maximum absolute atomic E-state index is 9.25. The number of hydrogen-bond acceptors (Lipinski definition) is 3. The van der Waals surface area contributed by atoms with Gasteiger partial charge in [0.05, 0.1) is 0 Å². The Balaban J connectivity index is 1.62.